The summed E-state index contributed by atoms with van der Waals surface area (Å²) in [7, 11) is 1.51. The molecular formula is C11H11F3O3. The number of rotatable bonds is 5. The van der Waals surface area contributed by atoms with Crippen LogP contribution in [0.1, 0.15) is 10.4 Å². The lowest BCUT2D eigenvalue weighted by Gasteiger charge is -2.07. The molecule has 6 heteroatoms. The molecule has 1 rings (SSSR count). The molecule has 0 unspecified atom stereocenters. The van der Waals surface area contributed by atoms with Crippen LogP contribution in [0.5, 0.6) is 5.75 Å². The predicted molar refractivity (Wildman–Crippen MR) is 54.2 cm³/mol. The predicted octanol–water partition coefficient (Wildman–Crippen LogP) is 2.46. The number of hydrogen-bond donors (Lipinski definition) is 0. The maximum absolute atomic E-state index is 12.1. The summed E-state index contributed by atoms with van der Waals surface area (Å²) in [5.41, 5.74) is -0.406. The van der Waals surface area contributed by atoms with Crippen LogP contribution in [-0.2, 0) is 4.74 Å². The van der Waals surface area contributed by atoms with E-state index < -0.39 is 17.5 Å². The van der Waals surface area contributed by atoms with Gasteiger partial charge in [0.2, 0.25) is 0 Å². The van der Waals surface area contributed by atoms with Crippen molar-refractivity contribution >= 4 is 5.78 Å². The second kappa shape index (κ2) is 5.67. The summed E-state index contributed by atoms with van der Waals surface area (Å²) in [6, 6.07) is 4.79. The van der Waals surface area contributed by atoms with Crippen molar-refractivity contribution in [2.24, 2.45) is 0 Å². The number of methoxy groups -OCH3 is 1. The molecule has 0 aromatic heterocycles. The molecule has 17 heavy (non-hydrogen) atoms. The Morgan fingerprint density at radius 1 is 1.18 bits per heavy atom. The second-order valence-electron chi connectivity index (χ2n) is 3.19. The molecule has 0 aliphatic heterocycles. The Hall–Kier alpha value is -1.56. The minimum atomic E-state index is -4.85. The van der Waals surface area contributed by atoms with E-state index in [1.165, 1.54) is 19.2 Å². The second-order valence-corrected chi connectivity index (χ2v) is 3.19. The van der Waals surface area contributed by atoms with Gasteiger partial charge in [0.25, 0.3) is 5.78 Å². The van der Waals surface area contributed by atoms with Gasteiger partial charge in [-0.3, -0.25) is 4.79 Å². The number of carbonyl (C=O) groups is 1. The maximum Gasteiger partial charge on any atom is 0.454 e. The summed E-state index contributed by atoms with van der Waals surface area (Å²) in [5.74, 6) is -1.47. The Morgan fingerprint density at radius 3 is 2.24 bits per heavy atom. The highest BCUT2D eigenvalue weighted by atomic mass is 19.4. The summed E-state index contributed by atoms with van der Waals surface area (Å²) >= 11 is 0. The van der Waals surface area contributed by atoms with E-state index in [2.05, 4.69) is 0 Å². The molecular weight excluding hydrogens is 237 g/mol. The SMILES string of the molecule is COCCOc1ccc(C(=O)C(F)(F)F)cc1. The number of benzene rings is 1. The van der Waals surface area contributed by atoms with Gasteiger partial charge in [-0.1, -0.05) is 0 Å². The van der Waals surface area contributed by atoms with E-state index >= 15 is 0 Å². The fourth-order valence-electron chi connectivity index (χ4n) is 1.11. The van der Waals surface area contributed by atoms with Crippen LogP contribution >= 0.6 is 0 Å². The van der Waals surface area contributed by atoms with E-state index in [1.807, 2.05) is 0 Å². The van der Waals surface area contributed by atoms with Crippen LogP contribution in [0.2, 0.25) is 0 Å². The molecule has 3 nitrogen and oxygen atoms in total. The van der Waals surface area contributed by atoms with Gasteiger partial charge in [0, 0.05) is 12.7 Å². The normalized spacial score (nSPS) is 11.3. The van der Waals surface area contributed by atoms with Crippen LogP contribution in [-0.4, -0.2) is 32.3 Å². The molecule has 94 valence electrons. The maximum atomic E-state index is 12.1. The summed E-state index contributed by atoms with van der Waals surface area (Å²) in [5, 5.41) is 0. The summed E-state index contributed by atoms with van der Waals surface area (Å²) in [6.07, 6.45) is -4.85. The van der Waals surface area contributed by atoms with Crippen LogP contribution < -0.4 is 4.74 Å². The van der Waals surface area contributed by atoms with Crippen LogP contribution in [0, 0.1) is 0 Å². The minimum Gasteiger partial charge on any atom is -0.491 e. The van der Waals surface area contributed by atoms with E-state index in [-0.39, 0.29) is 0 Å². The van der Waals surface area contributed by atoms with Crippen molar-refractivity contribution in [1.29, 1.82) is 0 Å². The van der Waals surface area contributed by atoms with Gasteiger partial charge in [0.1, 0.15) is 12.4 Å². The molecule has 0 bridgehead atoms. The van der Waals surface area contributed by atoms with Crippen molar-refractivity contribution in [1.82, 2.24) is 0 Å². The highest BCUT2D eigenvalue weighted by molar-refractivity contribution is 6.00. The molecule has 0 saturated heterocycles. The zero-order valence-corrected chi connectivity index (χ0v) is 9.08. The first-order valence-electron chi connectivity index (χ1n) is 4.78. The van der Waals surface area contributed by atoms with Gasteiger partial charge in [-0.2, -0.15) is 13.2 Å². The first kappa shape index (κ1) is 13.5. The molecule has 0 heterocycles. The number of ether oxygens (including phenoxy) is 2. The lowest BCUT2D eigenvalue weighted by molar-refractivity contribution is -0.0885. The van der Waals surface area contributed by atoms with Crippen molar-refractivity contribution in [3.8, 4) is 5.75 Å². The highest BCUT2D eigenvalue weighted by Gasteiger charge is 2.39. The van der Waals surface area contributed by atoms with E-state index in [0.717, 1.165) is 12.1 Å². The van der Waals surface area contributed by atoms with Crippen molar-refractivity contribution < 1.29 is 27.4 Å². The molecule has 1 aromatic rings. The lowest BCUT2D eigenvalue weighted by atomic mass is 10.1. The number of Topliss-reactive ketones (excluding diaryl/α,β-unsaturated/α-hetero) is 1. The fraction of sp³-hybridized carbons (Fsp3) is 0.364. The molecule has 0 aliphatic carbocycles. The Labute approximate surface area is 96.1 Å². The first-order chi connectivity index (χ1) is 7.95. The third-order valence-electron chi connectivity index (χ3n) is 1.93. The average Bonchev–Trinajstić information content (AvgIpc) is 2.28. The summed E-state index contributed by atoms with van der Waals surface area (Å²) in [4.78, 5) is 10.9. The van der Waals surface area contributed by atoms with E-state index in [9.17, 15) is 18.0 Å². The smallest absolute Gasteiger partial charge is 0.454 e. The monoisotopic (exact) mass is 248 g/mol. The number of hydrogen-bond acceptors (Lipinski definition) is 3. The van der Waals surface area contributed by atoms with Crippen LogP contribution in [0.15, 0.2) is 24.3 Å². The minimum absolute atomic E-state index is 0.295. The van der Waals surface area contributed by atoms with Gasteiger partial charge < -0.3 is 9.47 Å². The molecule has 0 saturated carbocycles. The molecule has 1 aromatic carbocycles. The molecule has 0 aliphatic rings. The van der Waals surface area contributed by atoms with Gasteiger partial charge >= 0.3 is 6.18 Å². The molecule has 0 atom stereocenters. The summed E-state index contributed by atoms with van der Waals surface area (Å²) < 4.78 is 46.2. The van der Waals surface area contributed by atoms with Gasteiger partial charge in [-0.15, -0.1) is 0 Å². The average molecular weight is 248 g/mol. The zero-order valence-electron chi connectivity index (χ0n) is 9.08. The van der Waals surface area contributed by atoms with E-state index in [0.29, 0.717) is 19.0 Å². The standard InChI is InChI=1S/C11H11F3O3/c1-16-6-7-17-9-4-2-8(3-5-9)10(15)11(12,13)14/h2-5H,6-7H2,1H3. The Kier molecular flexibility index (Phi) is 4.51. The zero-order chi connectivity index (χ0) is 12.9. The Morgan fingerprint density at radius 2 is 1.76 bits per heavy atom. The van der Waals surface area contributed by atoms with Crippen LogP contribution in [0.4, 0.5) is 13.2 Å². The van der Waals surface area contributed by atoms with Crippen LogP contribution in [0.25, 0.3) is 0 Å². The molecule has 0 spiro atoms. The van der Waals surface area contributed by atoms with Gasteiger partial charge in [0.15, 0.2) is 0 Å². The van der Waals surface area contributed by atoms with Gasteiger partial charge in [-0.05, 0) is 24.3 Å². The number of halogens is 3. The van der Waals surface area contributed by atoms with Crippen molar-refractivity contribution in [2.75, 3.05) is 20.3 Å². The largest absolute Gasteiger partial charge is 0.491 e. The number of alkyl halides is 3. The molecule has 0 fully saturated rings. The van der Waals surface area contributed by atoms with Crippen molar-refractivity contribution in [3.05, 3.63) is 29.8 Å². The summed E-state index contributed by atoms with van der Waals surface area (Å²) in [6.45, 7) is 0.673. The Balaban J connectivity index is 2.65. The third-order valence-corrected chi connectivity index (χ3v) is 1.93. The first-order valence-corrected chi connectivity index (χ1v) is 4.78. The molecule has 0 N–H and O–H groups in total. The van der Waals surface area contributed by atoms with E-state index in [4.69, 9.17) is 9.47 Å². The van der Waals surface area contributed by atoms with Crippen molar-refractivity contribution in [2.45, 2.75) is 6.18 Å². The van der Waals surface area contributed by atoms with Crippen LogP contribution in [0.3, 0.4) is 0 Å². The number of carbonyl (C=O) groups excluding carboxylic acids is 1. The van der Waals surface area contributed by atoms with Crippen molar-refractivity contribution in [3.63, 3.8) is 0 Å². The molecule has 0 radical (unpaired) electrons. The van der Waals surface area contributed by atoms with Gasteiger partial charge in [0.05, 0.1) is 6.61 Å². The number of ketones is 1. The Bertz CT molecular complexity index is 371. The lowest BCUT2D eigenvalue weighted by Crippen LogP contribution is -2.22. The van der Waals surface area contributed by atoms with E-state index in [1.54, 1.807) is 0 Å². The third kappa shape index (κ3) is 4.07. The fourth-order valence-corrected chi connectivity index (χ4v) is 1.11. The topological polar surface area (TPSA) is 35.5 Å². The quantitative estimate of drug-likeness (QED) is 0.593. The highest BCUT2D eigenvalue weighted by Crippen LogP contribution is 2.22. The van der Waals surface area contributed by atoms with Gasteiger partial charge in [-0.25, -0.2) is 0 Å². The molecule has 0 amide bonds.